The van der Waals surface area contributed by atoms with Crippen molar-refractivity contribution in [3.05, 3.63) is 59.4 Å². The number of aliphatic hydroxyl groups is 2. The van der Waals surface area contributed by atoms with Gasteiger partial charge in [0.05, 0.1) is 41.7 Å². The number of aliphatic hydroxyl groups excluding tert-OH is 2. The van der Waals surface area contributed by atoms with E-state index in [2.05, 4.69) is 30.6 Å². The fourth-order valence-electron chi connectivity index (χ4n) is 4.55. The summed E-state index contributed by atoms with van der Waals surface area (Å²) >= 11 is 6.16. The molecule has 0 aliphatic heterocycles. The van der Waals surface area contributed by atoms with Gasteiger partial charge in [-0.2, -0.15) is 0 Å². The Morgan fingerprint density at radius 3 is 2.78 bits per heavy atom. The first-order valence-electron chi connectivity index (χ1n) is 11.4. The zero-order chi connectivity index (χ0) is 25.4. The van der Waals surface area contributed by atoms with E-state index in [1.54, 1.807) is 29.4 Å². The number of imidazole rings is 1. The Hall–Kier alpha value is -3.67. The van der Waals surface area contributed by atoms with E-state index < -0.39 is 24.2 Å². The van der Waals surface area contributed by atoms with Crippen LogP contribution < -0.4 is 10.6 Å². The van der Waals surface area contributed by atoms with Gasteiger partial charge < -0.3 is 25.4 Å². The molecule has 0 unspecified atom stereocenters. The van der Waals surface area contributed by atoms with Crippen molar-refractivity contribution in [3.63, 3.8) is 0 Å². The molecule has 4 aromatic heterocycles. The van der Waals surface area contributed by atoms with Gasteiger partial charge >= 0.3 is 0 Å². The molecule has 1 fully saturated rings. The fourth-order valence-corrected chi connectivity index (χ4v) is 4.72. The number of fused-ring (bicyclic) bond motifs is 1. The number of carbonyl (C=O) groups excluding carboxylic acids is 1. The van der Waals surface area contributed by atoms with Gasteiger partial charge in [0.25, 0.3) is 0 Å². The summed E-state index contributed by atoms with van der Waals surface area (Å²) in [5.74, 6) is -0.263. The van der Waals surface area contributed by atoms with Crippen LogP contribution in [0.15, 0.2) is 43.1 Å². The van der Waals surface area contributed by atoms with Crippen LogP contribution in [0.4, 0.5) is 5.82 Å². The maximum Gasteiger partial charge on any atom is 0.225 e. The largest absolute Gasteiger partial charge is 0.390 e. The predicted octanol–water partition coefficient (Wildman–Crippen LogP) is 1.89. The number of aryl methyl sites for hydroxylation is 1. The second kappa shape index (κ2) is 9.76. The quantitative estimate of drug-likeness (QED) is 0.306. The van der Waals surface area contributed by atoms with Crippen LogP contribution in [-0.2, 0) is 11.3 Å². The van der Waals surface area contributed by atoms with Gasteiger partial charge in [0, 0.05) is 31.2 Å². The van der Waals surface area contributed by atoms with Crippen molar-refractivity contribution in [1.82, 2.24) is 34.8 Å². The molecular formula is C24H25ClN8O3. The van der Waals surface area contributed by atoms with E-state index in [9.17, 15) is 15.0 Å². The van der Waals surface area contributed by atoms with Crippen molar-refractivity contribution < 1.29 is 15.0 Å². The molecule has 0 aromatic carbocycles. The number of pyridine rings is 2. The molecule has 1 aliphatic rings. The average Bonchev–Trinajstić information content (AvgIpc) is 3.43. The van der Waals surface area contributed by atoms with Gasteiger partial charge in [0.1, 0.15) is 11.6 Å². The molecule has 4 heterocycles. The first kappa shape index (κ1) is 24.0. The van der Waals surface area contributed by atoms with Gasteiger partial charge in [0.2, 0.25) is 5.91 Å². The molecule has 5 rings (SSSR count). The third-order valence-electron chi connectivity index (χ3n) is 6.39. The highest BCUT2D eigenvalue weighted by Crippen LogP contribution is 2.38. The molecule has 4 N–H and O–H groups in total. The highest BCUT2D eigenvalue weighted by atomic mass is 35.5. The van der Waals surface area contributed by atoms with Crippen LogP contribution >= 0.6 is 11.6 Å². The summed E-state index contributed by atoms with van der Waals surface area (Å²) in [7, 11) is 1.50. The van der Waals surface area contributed by atoms with Crippen molar-refractivity contribution in [2.75, 3.05) is 12.4 Å². The molecule has 0 saturated heterocycles. The van der Waals surface area contributed by atoms with Crippen molar-refractivity contribution in [2.24, 2.45) is 5.92 Å². The molecule has 1 amide bonds. The summed E-state index contributed by atoms with van der Waals surface area (Å²) in [5.41, 5.74) is 3.43. The highest BCUT2D eigenvalue weighted by Gasteiger charge is 2.46. The second-order valence-corrected chi connectivity index (χ2v) is 9.23. The summed E-state index contributed by atoms with van der Waals surface area (Å²) < 4.78 is 1.69. The summed E-state index contributed by atoms with van der Waals surface area (Å²) in [6, 6.07) is 4.99. The maximum absolute atomic E-state index is 12.2. The van der Waals surface area contributed by atoms with E-state index in [0.717, 1.165) is 11.3 Å². The highest BCUT2D eigenvalue weighted by molar-refractivity contribution is 6.30. The van der Waals surface area contributed by atoms with Crippen LogP contribution in [0.1, 0.15) is 23.7 Å². The second-order valence-electron chi connectivity index (χ2n) is 8.79. The lowest BCUT2D eigenvalue weighted by Crippen LogP contribution is -2.36. The predicted molar refractivity (Wildman–Crippen MR) is 133 cm³/mol. The summed E-state index contributed by atoms with van der Waals surface area (Å²) in [6.07, 6.45) is 4.25. The molecule has 4 aromatic rings. The molecule has 11 nitrogen and oxygen atoms in total. The number of halogens is 1. The van der Waals surface area contributed by atoms with Gasteiger partial charge in [-0.05, 0) is 37.1 Å². The Morgan fingerprint density at radius 2 is 2.03 bits per heavy atom. The lowest BCUT2D eigenvalue weighted by Gasteiger charge is -2.18. The maximum atomic E-state index is 12.2. The number of hydrogen-bond donors (Lipinski definition) is 4. The molecule has 0 spiro atoms. The van der Waals surface area contributed by atoms with E-state index in [0.29, 0.717) is 39.9 Å². The third kappa shape index (κ3) is 4.48. The Morgan fingerprint density at radius 1 is 1.19 bits per heavy atom. The summed E-state index contributed by atoms with van der Waals surface area (Å²) in [6.45, 7) is 2.39. The Balaban J connectivity index is 1.58. The number of nitrogens with one attached hydrogen (secondary N) is 2. The first-order chi connectivity index (χ1) is 17.4. The van der Waals surface area contributed by atoms with Crippen LogP contribution in [-0.4, -0.2) is 64.9 Å². The standard InChI is InChI=1S/C24H25ClN8O3/c1-12-3-4-28-15(5-12)10-29-22-18-23(32-21(31-22)13-6-14(25)9-27-8-13)33(11-30-18)17-7-16(24(36)26-2)19(34)20(17)35/h3-6,8-9,11,16-17,19-20,34-35H,7,10H2,1-2H3,(H,26,36)(H,29,31,32)/t16-,17+,19+,20-/m0/s1. The van der Waals surface area contributed by atoms with E-state index in [4.69, 9.17) is 16.6 Å². The van der Waals surface area contributed by atoms with E-state index >= 15 is 0 Å². The van der Waals surface area contributed by atoms with Crippen LogP contribution in [0.2, 0.25) is 5.02 Å². The van der Waals surface area contributed by atoms with Gasteiger partial charge in [-0.3, -0.25) is 14.8 Å². The van der Waals surface area contributed by atoms with E-state index in [1.807, 2.05) is 19.1 Å². The number of aromatic nitrogens is 6. The molecular weight excluding hydrogens is 484 g/mol. The molecule has 0 radical (unpaired) electrons. The smallest absolute Gasteiger partial charge is 0.225 e. The summed E-state index contributed by atoms with van der Waals surface area (Å²) in [5, 5.41) is 27.6. The molecule has 186 valence electrons. The molecule has 4 atom stereocenters. The minimum Gasteiger partial charge on any atom is -0.390 e. The molecule has 12 heteroatoms. The van der Waals surface area contributed by atoms with Crippen LogP contribution in [0.5, 0.6) is 0 Å². The zero-order valence-electron chi connectivity index (χ0n) is 19.6. The van der Waals surface area contributed by atoms with Gasteiger partial charge in [-0.15, -0.1) is 0 Å². The van der Waals surface area contributed by atoms with Crippen molar-refractivity contribution in [2.45, 2.75) is 38.1 Å². The topological polar surface area (TPSA) is 151 Å². The molecule has 36 heavy (non-hydrogen) atoms. The van der Waals surface area contributed by atoms with E-state index in [1.165, 1.54) is 13.2 Å². The lowest BCUT2D eigenvalue weighted by atomic mass is 10.1. The lowest BCUT2D eigenvalue weighted by molar-refractivity contribution is -0.128. The van der Waals surface area contributed by atoms with Crippen LogP contribution in [0, 0.1) is 12.8 Å². The molecule has 0 bridgehead atoms. The van der Waals surface area contributed by atoms with E-state index in [-0.39, 0.29) is 12.3 Å². The summed E-state index contributed by atoms with van der Waals surface area (Å²) in [4.78, 5) is 34.7. The van der Waals surface area contributed by atoms with Gasteiger partial charge in [-0.25, -0.2) is 15.0 Å². The normalized spacial score (nSPS) is 21.6. The minimum absolute atomic E-state index is 0.224. The Bertz CT molecular complexity index is 1430. The minimum atomic E-state index is -1.21. The van der Waals surface area contributed by atoms with Gasteiger partial charge in [-0.1, -0.05) is 11.6 Å². The van der Waals surface area contributed by atoms with Crippen molar-refractivity contribution in [3.8, 4) is 11.4 Å². The first-order valence-corrected chi connectivity index (χ1v) is 11.8. The average molecular weight is 509 g/mol. The number of amides is 1. The molecule has 1 saturated carbocycles. The van der Waals surface area contributed by atoms with Gasteiger partial charge in [0.15, 0.2) is 17.3 Å². The number of hydrogen-bond acceptors (Lipinski definition) is 9. The third-order valence-corrected chi connectivity index (χ3v) is 6.59. The monoisotopic (exact) mass is 508 g/mol. The number of nitrogens with zero attached hydrogens (tertiary/aromatic N) is 6. The number of carbonyl (C=O) groups is 1. The van der Waals surface area contributed by atoms with Crippen LogP contribution in [0.3, 0.4) is 0 Å². The molecule has 1 aliphatic carbocycles. The SMILES string of the molecule is CNC(=O)[C@H]1C[C@@H](n2cnc3c(NCc4cc(C)ccn4)nc(-c4cncc(Cl)c4)nc32)[C@H](O)[C@@H]1O. The Kier molecular flexibility index (Phi) is 6.52. The van der Waals surface area contributed by atoms with Crippen molar-refractivity contribution >= 4 is 34.5 Å². The number of anilines is 1. The van der Waals surface area contributed by atoms with Crippen molar-refractivity contribution in [1.29, 1.82) is 0 Å². The Labute approximate surface area is 211 Å². The zero-order valence-corrected chi connectivity index (χ0v) is 20.4. The van der Waals surface area contributed by atoms with Crippen LogP contribution in [0.25, 0.3) is 22.6 Å². The fraction of sp³-hybridized carbons (Fsp3) is 0.333. The number of rotatable bonds is 6.